The van der Waals surface area contributed by atoms with Crippen LogP contribution in [0.25, 0.3) is 0 Å². The second kappa shape index (κ2) is 9.23. The van der Waals surface area contributed by atoms with Gasteiger partial charge in [-0.3, -0.25) is 4.79 Å². The largest absolute Gasteiger partial charge is 0.492 e. The van der Waals surface area contributed by atoms with Crippen molar-refractivity contribution in [3.8, 4) is 11.5 Å². The van der Waals surface area contributed by atoms with Crippen LogP contribution < -0.4 is 14.8 Å². The summed E-state index contributed by atoms with van der Waals surface area (Å²) in [5.41, 5.74) is 2.27. The fraction of sp³-hybridized carbons (Fsp3) is 0.0952. The smallest absolute Gasteiger partial charge is 0.255 e. The molecule has 0 aliphatic rings. The van der Waals surface area contributed by atoms with Gasteiger partial charge in [-0.25, -0.2) is 0 Å². The van der Waals surface area contributed by atoms with Gasteiger partial charge < -0.3 is 14.8 Å². The average molecular weight is 538 g/mol. The van der Waals surface area contributed by atoms with Crippen molar-refractivity contribution >= 4 is 50.1 Å². The minimum absolute atomic E-state index is 0.216. The molecule has 0 radical (unpaired) electrons. The lowest BCUT2D eigenvalue weighted by atomic mass is 10.1. The Morgan fingerprint density at radius 2 is 1.78 bits per heavy atom. The molecule has 0 aromatic heterocycles. The summed E-state index contributed by atoms with van der Waals surface area (Å²) in [6.07, 6.45) is 0. The second-order valence-electron chi connectivity index (χ2n) is 5.70. The predicted octanol–water partition coefficient (Wildman–Crippen LogP) is 5.89. The number of rotatable bonds is 6. The molecule has 0 spiro atoms. The highest BCUT2D eigenvalue weighted by atomic mass is 127. The molecule has 0 saturated carbocycles. The first-order valence-corrected chi connectivity index (χ1v) is 10.1. The third-order valence-electron chi connectivity index (χ3n) is 3.84. The zero-order valence-electron chi connectivity index (χ0n) is 14.5. The molecule has 0 fully saturated rings. The van der Waals surface area contributed by atoms with Crippen LogP contribution in [0.5, 0.6) is 11.5 Å². The Hall–Kier alpha value is -2.06. The van der Waals surface area contributed by atoms with Crippen molar-refractivity contribution in [1.29, 1.82) is 0 Å². The number of para-hydroxylation sites is 1. The summed E-state index contributed by atoms with van der Waals surface area (Å²) in [7, 11) is 1.57. The van der Waals surface area contributed by atoms with Crippen molar-refractivity contribution in [1.82, 2.24) is 0 Å². The maximum Gasteiger partial charge on any atom is 0.255 e. The molecule has 0 aliphatic carbocycles. The molecule has 0 saturated heterocycles. The van der Waals surface area contributed by atoms with E-state index in [9.17, 15) is 4.79 Å². The summed E-state index contributed by atoms with van der Waals surface area (Å²) >= 11 is 5.66. The number of hydrogen-bond donors (Lipinski definition) is 1. The van der Waals surface area contributed by atoms with E-state index in [-0.39, 0.29) is 5.91 Å². The molecular formula is C21H17BrINO3. The van der Waals surface area contributed by atoms with Crippen molar-refractivity contribution in [2.45, 2.75) is 6.61 Å². The number of amides is 1. The lowest BCUT2D eigenvalue weighted by molar-refractivity contribution is 0.102. The molecule has 1 amide bonds. The van der Waals surface area contributed by atoms with Gasteiger partial charge in [-0.2, -0.15) is 0 Å². The van der Waals surface area contributed by atoms with E-state index in [1.807, 2.05) is 54.6 Å². The number of halogens is 2. The van der Waals surface area contributed by atoms with E-state index in [1.54, 1.807) is 19.2 Å². The molecular weight excluding hydrogens is 521 g/mol. The Bertz CT molecular complexity index is 947. The average Bonchev–Trinajstić information content (AvgIpc) is 2.68. The van der Waals surface area contributed by atoms with E-state index in [4.69, 9.17) is 9.47 Å². The van der Waals surface area contributed by atoms with Gasteiger partial charge in [0.15, 0.2) is 11.5 Å². The van der Waals surface area contributed by atoms with Crippen LogP contribution in [0.15, 0.2) is 71.2 Å². The number of ether oxygens (including phenoxy) is 2. The first kappa shape index (κ1) is 19.7. The number of hydrogen-bond acceptors (Lipinski definition) is 3. The Labute approximate surface area is 180 Å². The Morgan fingerprint density at radius 3 is 2.48 bits per heavy atom. The van der Waals surface area contributed by atoms with Crippen LogP contribution in [0.4, 0.5) is 5.69 Å². The third-order valence-corrected chi connectivity index (χ3v) is 5.36. The summed E-state index contributed by atoms with van der Waals surface area (Å²) in [6, 6.07) is 20.9. The van der Waals surface area contributed by atoms with Crippen LogP contribution in [0, 0.1) is 3.57 Å². The standard InChI is InChI=1S/C21H17BrINO3/c1-26-20-16(22)11-15(21(25)24-18-10-6-5-9-17(18)23)12-19(20)27-13-14-7-3-2-4-8-14/h2-12H,13H2,1H3,(H,24,25). The fourth-order valence-electron chi connectivity index (χ4n) is 2.50. The van der Waals surface area contributed by atoms with Gasteiger partial charge in [0, 0.05) is 9.13 Å². The van der Waals surface area contributed by atoms with Gasteiger partial charge in [0.25, 0.3) is 5.91 Å². The topological polar surface area (TPSA) is 47.6 Å². The van der Waals surface area contributed by atoms with Crippen molar-refractivity contribution in [3.63, 3.8) is 0 Å². The summed E-state index contributed by atoms with van der Waals surface area (Å²) in [6.45, 7) is 0.380. The number of carbonyl (C=O) groups is 1. The van der Waals surface area contributed by atoms with E-state index in [0.717, 1.165) is 14.8 Å². The van der Waals surface area contributed by atoms with Crippen LogP contribution in [0.2, 0.25) is 0 Å². The molecule has 0 bridgehead atoms. The summed E-state index contributed by atoms with van der Waals surface area (Å²) in [4.78, 5) is 12.7. The summed E-state index contributed by atoms with van der Waals surface area (Å²) < 4.78 is 13.0. The van der Waals surface area contributed by atoms with Gasteiger partial charge >= 0.3 is 0 Å². The highest BCUT2D eigenvalue weighted by molar-refractivity contribution is 14.1. The second-order valence-corrected chi connectivity index (χ2v) is 7.71. The summed E-state index contributed by atoms with van der Waals surface area (Å²) in [5, 5.41) is 2.93. The van der Waals surface area contributed by atoms with Crippen LogP contribution in [-0.4, -0.2) is 13.0 Å². The van der Waals surface area contributed by atoms with Gasteiger partial charge in [0.05, 0.1) is 17.3 Å². The predicted molar refractivity (Wildman–Crippen MR) is 119 cm³/mol. The minimum atomic E-state index is -0.216. The molecule has 4 nitrogen and oxygen atoms in total. The molecule has 6 heteroatoms. The van der Waals surface area contributed by atoms with Crippen molar-refractivity contribution in [3.05, 3.63) is 85.9 Å². The fourth-order valence-corrected chi connectivity index (χ4v) is 3.62. The first-order chi connectivity index (χ1) is 13.1. The molecule has 3 aromatic carbocycles. The summed E-state index contributed by atoms with van der Waals surface area (Å²) in [5.74, 6) is 0.840. The number of carbonyl (C=O) groups excluding carboxylic acids is 1. The molecule has 1 N–H and O–H groups in total. The molecule has 0 unspecified atom stereocenters. The number of methoxy groups -OCH3 is 1. The van der Waals surface area contributed by atoms with Crippen LogP contribution >= 0.6 is 38.5 Å². The van der Waals surface area contributed by atoms with Gasteiger partial charge in [-0.1, -0.05) is 42.5 Å². The monoisotopic (exact) mass is 537 g/mol. The van der Waals surface area contributed by atoms with Crippen molar-refractivity contribution in [2.24, 2.45) is 0 Å². The van der Waals surface area contributed by atoms with E-state index in [1.165, 1.54) is 0 Å². The van der Waals surface area contributed by atoms with Gasteiger partial charge in [-0.15, -0.1) is 0 Å². The molecule has 0 aliphatic heterocycles. The quantitative estimate of drug-likeness (QED) is 0.399. The number of nitrogens with one attached hydrogen (secondary N) is 1. The normalized spacial score (nSPS) is 10.3. The molecule has 0 heterocycles. The lowest BCUT2D eigenvalue weighted by Gasteiger charge is -2.15. The third kappa shape index (κ3) is 5.01. The van der Waals surface area contributed by atoms with Gasteiger partial charge in [0.2, 0.25) is 0 Å². The molecule has 3 aromatic rings. The maximum absolute atomic E-state index is 12.7. The zero-order valence-corrected chi connectivity index (χ0v) is 18.3. The highest BCUT2D eigenvalue weighted by Crippen LogP contribution is 2.37. The van der Waals surface area contributed by atoms with Crippen LogP contribution in [0.3, 0.4) is 0 Å². The number of benzene rings is 3. The highest BCUT2D eigenvalue weighted by Gasteiger charge is 2.16. The zero-order chi connectivity index (χ0) is 19.2. The molecule has 27 heavy (non-hydrogen) atoms. The van der Waals surface area contributed by atoms with E-state index in [0.29, 0.717) is 28.1 Å². The SMILES string of the molecule is COc1c(Br)cc(C(=O)Nc2ccccc2I)cc1OCc1ccccc1. The van der Waals surface area contributed by atoms with Crippen LogP contribution in [-0.2, 0) is 6.61 Å². The Morgan fingerprint density at radius 1 is 1.07 bits per heavy atom. The van der Waals surface area contributed by atoms with Gasteiger partial charge in [-0.05, 0) is 68.3 Å². The van der Waals surface area contributed by atoms with E-state index in [2.05, 4.69) is 43.8 Å². The lowest BCUT2D eigenvalue weighted by Crippen LogP contribution is -2.13. The molecule has 0 atom stereocenters. The maximum atomic E-state index is 12.7. The Balaban J connectivity index is 1.84. The first-order valence-electron chi connectivity index (χ1n) is 8.18. The Kier molecular flexibility index (Phi) is 6.73. The molecule has 138 valence electrons. The van der Waals surface area contributed by atoms with Crippen molar-refractivity contribution in [2.75, 3.05) is 12.4 Å². The van der Waals surface area contributed by atoms with Crippen LogP contribution in [0.1, 0.15) is 15.9 Å². The van der Waals surface area contributed by atoms with E-state index < -0.39 is 0 Å². The number of anilines is 1. The van der Waals surface area contributed by atoms with Gasteiger partial charge in [0.1, 0.15) is 6.61 Å². The van der Waals surface area contributed by atoms with Crippen molar-refractivity contribution < 1.29 is 14.3 Å². The minimum Gasteiger partial charge on any atom is -0.492 e. The van der Waals surface area contributed by atoms with E-state index >= 15 is 0 Å². The molecule has 3 rings (SSSR count).